The minimum Gasteiger partial charge on any atom is -0.438 e. The first kappa shape index (κ1) is 15.1. The van der Waals surface area contributed by atoms with Crippen molar-refractivity contribution < 1.29 is 23.0 Å². The van der Waals surface area contributed by atoms with Crippen LogP contribution in [0.4, 0.5) is 13.2 Å². The highest BCUT2D eigenvalue weighted by Gasteiger charge is 2.30. The van der Waals surface area contributed by atoms with Crippen molar-refractivity contribution in [2.45, 2.75) is 12.6 Å². The van der Waals surface area contributed by atoms with Crippen molar-refractivity contribution in [3.8, 4) is 11.9 Å². The second kappa shape index (κ2) is 5.97. The molecule has 1 aromatic heterocycles. The summed E-state index contributed by atoms with van der Waals surface area (Å²) in [7, 11) is 0. The maximum Gasteiger partial charge on any atom is 0.417 e. The topological polar surface area (TPSA) is 66.1 Å². The molecule has 0 bridgehead atoms. The molecule has 1 atom stereocenters. The van der Waals surface area contributed by atoms with Crippen LogP contribution in [0.5, 0.6) is 5.88 Å². The van der Waals surface area contributed by atoms with Gasteiger partial charge in [0.05, 0.1) is 17.2 Å². The van der Waals surface area contributed by atoms with Gasteiger partial charge in [0.1, 0.15) is 5.76 Å². The molecule has 1 aliphatic rings. The van der Waals surface area contributed by atoms with Gasteiger partial charge in [0.15, 0.2) is 0 Å². The van der Waals surface area contributed by atoms with E-state index in [9.17, 15) is 13.2 Å². The summed E-state index contributed by atoms with van der Waals surface area (Å²) in [6.07, 6.45) is -0.269. The van der Waals surface area contributed by atoms with E-state index in [1.165, 1.54) is 6.08 Å². The molecule has 0 saturated heterocycles. The Kier molecular flexibility index (Phi) is 4.29. The number of aliphatic hydroxyl groups is 1. The second-order valence-corrected chi connectivity index (χ2v) is 4.45. The Morgan fingerprint density at radius 3 is 2.71 bits per heavy atom. The fourth-order valence-corrected chi connectivity index (χ4v) is 1.80. The summed E-state index contributed by atoms with van der Waals surface area (Å²) < 4.78 is 42.6. The van der Waals surface area contributed by atoms with Crippen LogP contribution >= 0.6 is 0 Å². The highest BCUT2D eigenvalue weighted by molar-refractivity contribution is 5.37. The molecule has 0 radical (unpaired) electrons. The highest BCUT2D eigenvalue weighted by Crippen LogP contribution is 2.30. The average Bonchev–Trinajstić information content (AvgIpc) is 2.47. The SMILES string of the molecule is N#CC1=C(Oc2ccc(C(F)(F)F)cn2)C=CC(CO)C1. The Morgan fingerprint density at radius 1 is 1.43 bits per heavy atom. The predicted octanol–water partition coefficient (Wildman–Crippen LogP) is 2.83. The van der Waals surface area contributed by atoms with Crippen molar-refractivity contribution in [3.63, 3.8) is 0 Å². The van der Waals surface area contributed by atoms with Gasteiger partial charge in [-0.1, -0.05) is 6.08 Å². The summed E-state index contributed by atoms with van der Waals surface area (Å²) in [5.74, 6) is 0.0415. The average molecular weight is 296 g/mol. The number of ether oxygens (including phenoxy) is 1. The number of aromatic nitrogens is 1. The molecule has 1 N–H and O–H groups in total. The second-order valence-electron chi connectivity index (χ2n) is 4.45. The molecule has 0 saturated carbocycles. The molecule has 4 nitrogen and oxygen atoms in total. The fourth-order valence-electron chi connectivity index (χ4n) is 1.80. The molecule has 1 heterocycles. The van der Waals surface area contributed by atoms with Gasteiger partial charge in [0, 0.05) is 24.8 Å². The predicted molar refractivity (Wildman–Crippen MR) is 66.8 cm³/mol. The number of nitrogens with zero attached hydrogens (tertiary/aromatic N) is 2. The summed E-state index contributed by atoms with van der Waals surface area (Å²) in [5.41, 5.74) is -0.554. The van der Waals surface area contributed by atoms with E-state index < -0.39 is 11.7 Å². The van der Waals surface area contributed by atoms with E-state index >= 15 is 0 Å². The number of aliphatic hydroxyl groups excluding tert-OH is 1. The van der Waals surface area contributed by atoms with E-state index in [-0.39, 0.29) is 24.2 Å². The van der Waals surface area contributed by atoms with Gasteiger partial charge in [-0.15, -0.1) is 0 Å². The molecular weight excluding hydrogens is 285 g/mol. The van der Waals surface area contributed by atoms with E-state index in [1.807, 2.05) is 6.07 Å². The largest absolute Gasteiger partial charge is 0.438 e. The van der Waals surface area contributed by atoms with Gasteiger partial charge in [-0.05, 0) is 18.6 Å². The Bertz CT molecular complexity index is 613. The highest BCUT2D eigenvalue weighted by atomic mass is 19.4. The lowest BCUT2D eigenvalue weighted by Gasteiger charge is -2.17. The van der Waals surface area contributed by atoms with E-state index in [0.717, 1.165) is 12.1 Å². The molecule has 1 aliphatic carbocycles. The van der Waals surface area contributed by atoms with Crippen molar-refractivity contribution in [2.24, 2.45) is 5.92 Å². The van der Waals surface area contributed by atoms with Crippen molar-refractivity contribution in [1.29, 1.82) is 5.26 Å². The van der Waals surface area contributed by atoms with Crippen LogP contribution in [0.25, 0.3) is 0 Å². The molecule has 0 fully saturated rings. The first-order valence-corrected chi connectivity index (χ1v) is 6.07. The van der Waals surface area contributed by atoms with Crippen LogP contribution in [0.2, 0.25) is 0 Å². The van der Waals surface area contributed by atoms with Crippen molar-refractivity contribution in [1.82, 2.24) is 4.98 Å². The van der Waals surface area contributed by atoms with Crippen molar-refractivity contribution in [3.05, 3.63) is 47.4 Å². The van der Waals surface area contributed by atoms with Gasteiger partial charge < -0.3 is 9.84 Å². The van der Waals surface area contributed by atoms with E-state index in [1.54, 1.807) is 6.08 Å². The smallest absolute Gasteiger partial charge is 0.417 e. The fraction of sp³-hybridized carbons (Fsp3) is 0.286. The van der Waals surface area contributed by atoms with Crippen LogP contribution in [0.3, 0.4) is 0 Å². The molecular formula is C14H11F3N2O2. The van der Waals surface area contributed by atoms with E-state index in [0.29, 0.717) is 18.2 Å². The zero-order chi connectivity index (χ0) is 15.5. The molecule has 0 amide bonds. The number of allylic oxidation sites excluding steroid dienone is 2. The van der Waals surface area contributed by atoms with E-state index in [4.69, 9.17) is 15.1 Å². The normalized spacial score (nSPS) is 18.5. The van der Waals surface area contributed by atoms with Gasteiger partial charge in [-0.3, -0.25) is 0 Å². The third-order valence-electron chi connectivity index (χ3n) is 2.93. The Balaban J connectivity index is 2.17. The van der Waals surface area contributed by atoms with Crippen LogP contribution in [0.15, 0.2) is 41.8 Å². The van der Waals surface area contributed by atoms with Gasteiger partial charge in [-0.25, -0.2) is 4.98 Å². The summed E-state index contributed by atoms with van der Waals surface area (Å²) >= 11 is 0. The molecule has 110 valence electrons. The van der Waals surface area contributed by atoms with Crippen LogP contribution in [-0.4, -0.2) is 16.7 Å². The number of rotatable bonds is 3. The number of alkyl halides is 3. The summed E-state index contributed by atoms with van der Waals surface area (Å²) in [6.45, 7) is -0.0898. The Morgan fingerprint density at radius 2 is 2.19 bits per heavy atom. The summed E-state index contributed by atoms with van der Waals surface area (Å²) in [5, 5.41) is 18.1. The van der Waals surface area contributed by atoms with Crippen LogP contribution in [0.1, 0.15) is 12.0 Å². The molecule has 21 heavy (non-hydrogen) atoms. The van der Waals surface area contributed by atoms with Gasteiger partial charge in [0.2, 0.25) is 5.88 Å². The minimum atomic E-state index is -4.46. The molecule has 2 rings (SSSR count). The lowest BCUT2D eigenvalue weighted by molar-refractivity contribution is -0.137. The number of hydrogen-bond donors (Lipinski definition) is 1. The number of pyridine rings is 1. The number of nitriles is 1. The molecule has 1 unspecified atom stereocenters. The number of halogens is 3. The standard InChI is InChI=1S/C14H11F3N2O2/c15-14(16,17)11-2-4-13(19-7-11)21-12-3-1-9(8-20)5-10(12)6-18/h1-4,7,9,20H,5,8H2. The van der Waals surface area contributed by atoms with Crippen LogP contribution in [0, 0.1) is 17.2 Å². The summed E-state index contributed by atoms with van der Waals surface area (Å²) in [4.78, 5) is 3.58. The first-order valence-electron chi connectivity index (χ1n) is 6.07. The first-order chi connectivity index (χ1) is 9.94. The van der Waals surface area contributed by atoms with Gasteiger partial charge >= 0.3 is 6.18 Å². The maximum absolute atomic E-state index is 12.4. The summed E-state index contributed by atoms with van der Waals surface area (Å²) in [6, 6.07) is 3.91. The Labute approximate surface area is 118 Å². The van der Waals surface area contributed by atoms with Crippen molar-refractivity contribution >= 4 is 0 Å². The van der Waals surface area contributed by atoms with Crippen molar-refractivity contribution in [2.75, 3.05) is 6.61 Å². The monoisotopic (exact) mass is 296 g/mol. The number of hydrogen-bond acceptors (Lipinski definition) is 4. The van der Waals surface area contributed by atoms with E-state index in [2.05, 4.69) is 4.98 Å². The zero-order valence-electron chi connectivity index (χ0n) is 10.8. The Hall–Kier alpha value is -2.33. The molecule has 0 spiro atoms. The minimum absolute atomic E-state index is 0.0298. The zero-order valence-corrected chi connectivity index (χ0v) is 10.8. The molecule has 0 aromatic carbocycles. The molecule has 1 aromatic rings. The van der Waals surface area contributed by atoms with Crippen LogP contribution in [-0.2, 0) is 6.18 Å². The van der Waals surface area contributed by atoms with Gasteiger partial charge in [-0.2, -0.15) is 18.4 Å². The lowest BCUT2D eigenvalue weighted by Crippen LogP contribution is -2.12. The maximum atomic E-state index is 12.4. The molecule has 0 aliphatic heterocycles. The lowest BCUT2D eigenvalue weighted by atomic mass is 9.95. The quantitative estimate of drug-likeness (QED) is 0.931. The van der Waals surface area contributed by atoms with Gasteiger partial charge in [0.25, 0.3) is 0 Å². The third kappa shape index (κ3) is 3.61. The third-order valence-corrected chi connectivity index (χ3v) is 2.93. The van der Waals surface area contributed by atoms with Crippen LogP contribution < -0.4 is 4.74 Å². The molecule has 7 heteroatoms.